The van der Waals surface area contributed by atoms with Crippen molar-refractivity contribution in [3.05, 3.63) is 142 Å². The Balaban J connectivity index is 1.96. The molecule has 0 saturated carbocycles. The van der Waals surface area contributed by atoms with Gasteiger partial charge in [0, 0.05) is 0 Å². The van der Waals surface area contributed by atoms with Crippen molar-refractivity contribution in [3.63, 3.8) is 0 Å². The van der Waals surface area contributed by atoms with Crippen molar-refractivity contribution >= 4 is 16.9 Å². The maximum absolute atomic E-state index is 13.0. The Morgan fingerprint density at radius 2 is 1.19 bits per heavy atom. The van der Waals surface area contributed by atoms with Crippen LogP contribution in [0.1, 0.15) is 27.0 Å². The van der Waals surface area contributed by atoms with E-state index >= 15 is 0 Å². The van der Waals surface area contributed by atoms with Crippen LogP contribution in [-0.4, -0.2) is 20.9 Å². The van der Waals surface area contributed by atoms with Gasteiger partial charge in [-0.15, -0.1) is 0 Å². The van der Waals surface area contributed by atoms with Gasteiger partial charge in [-0.25, -0.2) is 4.79 Å². The van der Waals surface area contributed by atoms with Crippen molar-refractivity contribution < 1.29 is 9.90 Å². The SMILES string of the molecule is O=C(O)c1ccc2c(c1)c(=O)[nH]n2C(c1ccccc1)(c1ccccc1)c1ccccc1. The molecule has 5 rings (SSSR count). The van der Waals surface area contributed by atoms with Crippen molar-refractivity contribution in [2.75, 3.05) is 0 Å². The summed E-state index contributed by atoms with van der Waals surface area (Å²) in [5.41, 5.74) is 2.38. The fraction of sp³-hybridized carbons (Fsp3) is 0.0370. The highest BCUT2D eigenvalue weighted by molar-refractivity contribution is 5.93. The fourth-order valence-corrected chi connectivity index (χ4v) is 4.46. The molecule has 0 amide bonds. The first-order valence-electron chi connectivity index (χ1n) is 10.3. The summed E-state index contributed by atoms with van der Waals surface area (Å²) in [6, 6.07) is 34.6. The van der Waals surface area contributed by atoms with Crippen LogP contribution in [0.3, 0.4) is 0 Å². The van der Waals surface area contributed by atoms with Gasteiger partial charge < -0.3 is 5.11 Å². The van der Waals surface area contributed by atoms with E-state index in [9.17, 15) is 14.7 Å². The quantitative estimate of drug-likeness (QED) is 0.399. The molecule has 5 aromatic rings. The summed E-state index contributed by atoms with van der Waals surface area (Å²) in [6.45, 7) is 0. The molecule has 2 N–H and O–H groups in total. The van der Waals surface area contributed by atoms with E-state index in [0.29, 0.717) is 10.9 Å². The molecule has 0 atom stereocenters. The van der Waals surface area contributed by atoms with E-state index in [1.165, 1.54) is 12.1 Å². The molecule has 0 aliphatic carbocycles. The number of nitrogens with zero attached hydrogens (tertiary/aromatic N) is 1. The molecule has 5 nitrogen and oxygen atoms in total. The minimum Gasteiger partial charge on any atom is -0.478 e. The van der Waals surface area contributed by atoms with Gasteiger partial charge in [0.05, 0.1) is 16.5 Å². The third-order valence-electron chi connectivity index (χ3n) is 5.85. The predicted octanol–water partition coefficient (Wildman–Crippen LogP) is 4.87. The lowest BCUT2D eigenvalue weighted by Crippen LogP contribution is -2.39. The Morgan fingerprint density at radius 1 is 0.719 bits per heavy atom. The number of carbonyl (C=O) groups is 1. The number of carboxylic acids is 1. The van der Waals surface area contributed by atoms with E-state index in [0.717, 1.165) is 16.7 Å². The number of aromatic nitrogens is 2. The van der Waals surface area contributed by atoms with E-state index in [1.807, 2.05) is 95.7 Å². The molecule has 32 heavy (non-hydrogen) atoms. The number of carboxylic acid groups (broad SMARTS) is 1. The van der Waals surface area contributed by atoms with Crippen molar-refractivity contribution in [2.45, 2.75) is 5.54 Å². The maximum atomic E-state index is 13.0. The lowest BCUT2D eigenvalue weighted by atomic mass is 9.77. The van der Waals surface area contributed by atoms with Crippen LogP contribution in [0, 0.1) is 0 Å². The Hall–Kier alpha value is -4.38. The Morgan fingerprint density at radius 3 is 1.62 bits per heavy atom. The van der Waals surface area contributed by atoms with Gasteiger partial charge in [-0.1, -0.05) is 91.0 Å². The molecule has 0 aliphatic heterocycles. The zero-order valence-electron chi connectivity index (χ0n) is 17.1. The number of nitrogens with one attached hydrogen (secondary N) is 1. The van der Waals surface area contributed by atoms with Gasteiger partial charge >= 0.3 is 5.97 Å². The van der Waals surface area contributed by atoms with Gasteiger partial charge in [0.25, 0.3) is 5.56 Å². The zero-order chi connectivity index (χ0) is 22.1. The van der Waals surface area contributed by atoms with Crippen molar-refractivity contribution in [2.24, 2.45) is 0 Å². The van der Waals surface area contributed by atoms with Gasteiger partial charge in [0.15, 0.2) is 0 Å². The second kappa shape index (κ2) is 7.71. The zero-order valence-corrected chi connectivity index (χ0v) is 17.1. The number of fused-ring (bicyclic) bond motifs is 1. The molecule has 5 heteroatoms. The number of aromatic carboxylic acids is 1. The van der Waals surface area contributed by atoms with Crippen molar-refractivity contribution in [3.8, 4) is 0 Å². The number of aromatic amines is 1. The van der Waals surface area contributed by atoms with Crippen LogP contribution >= 0.6 is 0 Å². The van der Waals surface area contributed by atoms with E-state index in [1.54, 1.807) is 6.07 Å². The van der Waals surface area contributed by atoms with Crippen molar-refractivity contribution in [1.29, 1.82) is 0 Å². The minimum absolute atomic E-state index is 0.0745. The third kappa shape index (κ3) is 2.94. The number of rotatable bonds is 5. The molecule has 0 unspecified atom stereocenters. The van der Waals surface area contributed by atoms with Crippen LogP contribution in [0.2, 0.25) is 0 Å². The Bertz CT molecular complexity index is 1360. The molecule has 0 radical (unpaired) electrons. The molecular weight excluding hydrogens is 400 g/mol. The van der Waals surface area contributed by atoms with Crippen LogP contribution in [0.4, 0.5) is 0 Å². The Kier molecular flexibility index (Phi) is 4.71. The molecule has 1 heterocycles. The first-order chi connectivity index (χ1) is 15.6. The standard InChI is InChI=1S/C27H20N2O3/c30-25-23-18-19(26(31)32)16-17-24(23)29(28-25)27(20-10-4-1-5-11-20,21-12-6-2-7-13-21)22-14-8-3-9-15-22/h1-18H,(H,28,30)(H,31,32). The average Bonchev–Trinajstić information content (AvgIpc) is 3.18. The van der Waals surface area contributed by atoms with Gasteiger partial charge in [-0.3, -0.25) is 14.6 Å². The van der Waals surface area contributed by atoms with Gasteiger partial charge in [-0.2, -0.15) is 0 Å². The second-order valence-electron chi connectivity index (χ2n) is 7.62. The fourth-order valence-electron chi connectivity index (χ4n) is 4.46. The molecular formula is C27H20N2O3. The summed E-state index contributed by atoms with van der Waals surface area (Å²) >= 11 is 0. The lowest BCUT2D eigenvalue weighted by Gasteiger charge is -2.37. The largest absolute Gasteiger partial charge is 0.478 e. The molecule has 156 valence electrons. The average molecular weight is 420 g/mol. The maximum Gasteiger partial charge on any atom is 0.335 e. The number of benzene rings is 4. The van der Waals surface area contributed by atoms with Crippen LogP contribution in [0.15, 0.2) is 114 Å². The summed E-state index contributed by atoms with van der Waals surface area (Å²) in [7, 11) is 0. The number of H-pyrrole nitrogens is 1. The first-order valence-corrected chi connectivity index (χ1v) is 10.3. The molecule has 0 spiro atoms. The van der Waals surface area contributed by atoms with E-state index < -0.39 is 11.5 Å². The Labute approximate surface area is 184 Å². The minimum atomic E-state index is -1.07. The highest BCUT2D eigenvalue weighted by atomic mass is 16.4. The van der Waals surface area contributed by atoms with Crippen molar-refractivity contribution in [1.82, 2.24) is 9.78 Å². The van der Waals surface area contributed by atoms with Gasteiger partial charge in [-0.05, 0) is 34.9 Å². The molecule has 4 aromatic carbocycles. The second-order valence-corrected chi connectivity index (χ2v) is 7.62. The molecule has 0 saturated heterocycles. The third-order valence-corrected chi connectivity index (χ3v) is 5.85. The van der Waals surface area contributed by atoms with E-state index in [2.05, 4.69) is 5.10 Å². The van der Waals surface area contributed by atoms with Gasteiger partial charge in [0.2, 0.25) is 0 Å². The van der Waals surface area contributed by atoms with Crippen LogP contribution < -0.4 is 5.56 Å². The molecule has 0 bridgehead atoms. The summed E-state index contributed by atoms with van der Waals surface area (Å²) in [5, 5.41) is 12.8. The topological polar surface area (TPSA) is 75.1 Å². The highest BCUT2D eigenvalue weighted by Gasteiger charge is 2.40. The first kappa shape index (κ1) is 19.6. The smallest absolute Gasteiger partial charge is 0.335 e. The van der Waals surface area contributed by atoms with Crippen LogP contribution in [0.5, 0.6) is 0 Å². The van der Waals surface area contributed by atoms with Crippen LogP contribution in [-0.2, 0) is 5.54 Å². The number of hydrogen-bond acceptors (Lipinski definition) is 2. The summed E-state index contributed by atoms with van der Waals surface area (Å²) in [4.78, 5) is 24.6. The monoisotopic (exact) mass is 420 g/mol. The van der Waals surface area contributed by atoms with E-state index in [-0.39, 0.29) is 11.1 Å². The lowest BCUT2D eigenvalue weighted by molar-refractivity contribution is 0.0697. The molecule has 0 fully saturated rings. The van der Waals surface area contributed by atoms with Crippen LogP contribution in [0.25, 0.3) is 10.9 Å². The summed E-state index contributed by atoms with van der Waals surface area (Å²) < 4.78 is 1.86. The normalized spacial score (nSPS) is 11.5. The number of hydrogen-bond donors (Lipinski definition) is 2. The van der Waals surface area contributed by atoms with E-state index in [4.69, 9.17) is 0 Å². The summed E-state index contributed by atoms with van der Waals surface area (Å²) in [6.07, 6.45) is 0. The predicted molar refractivity (Wildman–Crippen MR) is 124 cm³/mol. The van der Waals surface area contributed by atoms with Gasteiger partial charge in [0.1, 0.15) is 5.54 Å². The molecule has 1 aromatic heterocycles. The molecule has 0 aliphatic rings. The summed E-state index contributed by atoms with van der Waals surface area (Å²) in [5.74, 6) is -1.07. The highest BCUT2D eigenvalue weighted by Crippen LogP contribution is 2.41.